The highest BCUT2D eigenvalue weighted by Crippen LogP contribution is 2.26. The van der Waals surface area contributed by atoms with Crippen molar-refractivity contribution in [2.45, 2.75) is 45.4 Å². The van der Waals surface area contributed by atoms with Gasteiger partial charge in [0.2, 0.25) is 0 Å². The van der Waals surface area contributed by atoms with Crippen molar-refractivity contribution in [3.63, 3.8) is 0 Å². The third-order valence-corrected chi connectivity index (χ3v) is 6.53. The van der Waals surface area contributed by atoms with E-state index in [0.717, 1.165) is 62.6 Å². The van der Waals surface area contributed by atoms with Crippen molar-refractivity contribution < 1.29 is 9.13 Å². The van der Waals surface area contributed by atoms with Gasteiger partial charge in [0, 0.05) is 19.6 Å². The first-order valence-electron chi connectivity index (χ1n) is 11.9. The highest BCUT2D eigenvalue weighted by atomic mass is 19.1. The van der Waals surface area contributed by atoms with Gasteiger partial charge in [-0.15, -0.1) is 0 Å². The number of aryl methyl sites for hydroxylation is 1. The Morgan fingerprint density at radius 1 is 1.03 bits per heavy atom. The zero-order chi connectivity index (χ0) is 22.8. The minimum absolute atomic E-state index is 0.234. The fraction of sp³-hybridized carbons (Fsp3) is 0.519. The van der Waals surface area contributed by atoms with Gasteiger partial charge < -0.3 is 9.64 Å². The summed E-state index contributed by atoms with van der Waals surface area (Å²) < 4.78 is 18.7. The van der Waals surface area contributed by atoms with Crippen molar-refractivity contribution in [2.75, 3.05) is 45.9 Å². The molecule has 0 amide bonds. The molecule has 1 atom stereocenters. The third-order valence-electron chi connectivity index (χ3n) is 6.53. The van der Waals surface area contributed by atoms with Crippen LogP contribution in [-0.2, 0) is 0 Å². The number of rotatable bonds is 10. The smallest absolute Gasteiger partial charge is 0.123 e. The molecule has 1 aliphatic heterocycles. The zero-order valence-electron chi connectivity index (χ0n) is 19.5. The molecule has 0 N–H and O–H groups in total. The molecule has 0 bridgehead atoms. The van der Waals surface area contributed by atoms with Crippen molar-refractivity contribution in [1.29, 1.82) is 5.26 Å². The van der Waals surface area contributed by atoms with Gasteiger partial charge in [0.1, 0.15) is 18.2 Å². The van der Waals surface area contributed by atoms with Crippen LogP contribution in [0.4, 0.5) is 4.39 Å². The van der Waals surface area contributed by atoms with Crippen molar-refractivity contribution >= 4 is 0 Å². The predicted molar refractivity (Wildman–Crippen MR) is 128 cm³/mol. The number of hydrogen-bond donors (Lipinski definition) is 0. The Balaban J connectivity index is 1.37. The number of ether oxygens (including phenoxy) is 1. The Morgan fingerprint density at radius 3 is 2.41 bits per heavy atom. The molecule has 4 nitrogen and oxygen atoms in total. The second-order valence-electron chi connectivity index (χ2n) is 8.77. The molecule has 172 valence electrons. The minimum atomic E-state index is -0.234. The van der Waals surface area contributed by atoms with E-state index in [1.165, 1.54) is 37.0 Å². The summed E-state index contributed by atoms with van der Waals surface area (Å²) in [7, 11) is 0. The summed E-state index contributed by atoms with van der Waals surface area (Å²) in [4.78, 5) is 5.06. The van der Waals surface area contributed by atoms with Crippen LogP contribution >= 0.6 is 0 Å². The van der Waals surface area contributed by atoms with Crippen LogP contribution < -0.4 is 4.74 Å². The van der Waals surface area contributed by atoms with Gasteiger partial charge in [0.15, 0.2) is 0 Å². The molecule has 0 radical (unpaired) electrons. The lowest BCUT2D eigenvalue weighted by molar-refractivity contribution is 0.208. The van der Waals surface area contributed by atoms with E-state index in [1.807, 2.05) is 13.0 Å². The van der Waals surface area contributed by atoms with Crippen LogP contribution in [0.25, 0.3) is 0 Å². The molecule has 1 saturated heterocycles. The summed E-state index contributed by atoms with van der Waals surface area (Å²) in [6.07, 6.45) is 4.70. The van der Waals surface area contributed by atoms with Crippen LogP contribution in [0, 0.1) is 24.1 Å². The molecule has 1 heterocycles. The molecule has 0 saturated carbocycles. The average Bonchev–Trinajstić information content (AvgIpc) is 3.03. The van der Waals surface area contributed by atoms with Crippen molar-refractivity contribution in [1.82, 2.24) is 9.80 Å². The Hall–Kier alpha value is -2.42. The van der Waals surface area contributed by atoms with Gasteiger partial charge in [0.25, 0.3) is 0 Å². The number of halogens is 1. The van der Waals surface area contributed by atoms with E-state index in [1.54, 1.807) is 12.1 Å². The van der Waals surface area contributed by atoms with Crippen LogP contribution in [-0.4, -0.2) is 55.7 Å². The average molecular weight is 438 g/mol. The minimum Gasteiger partial charge on any atom is -0.492 e. The summed E-state index contributed by atoms with van der Waals surface area (Å²) in [5.41, 5.74) is 3.23. The molecule has 0 aromatic heterocycles. The van der Waals surface area contributed by atoms with Crippen LogP contribution in [0.5, 0.6) is 5.75 Å². The van der Waals surface area contributed by atoms with Gasteiger partial charge in [-0.2, -0.15) is 5.26 Å². The molecule has 0 aliphatic carbocycles. The predicted octanol–water partition coefficient (Wildman–Crippen LogP) is 5.37. The van der Waals surface area contributed by atoms with E-state index in [4.69, 9.17) is 10.00 Å². The number of benzene rings is 2. The lowest BCUT2D eigenvalue weighted by Gasteiger charge is -2.23. The molecule has 1 fully saturated rings. The molecule has 2 aromatic rings. The zero-order valence-corrected chi connectivity index (χ0v) is 19.5. The number of nitrogens with zero attached hydrogens (tertiary/aromatic N) is 3. The summed E-state index contributed by atoms with van der Waals surface area (Å²) in [5.74, 6) is 1.06. The van der Waals surface area contributed by atoms with Gasteiger partial charge in [-0.05, 0) is 99.6 Å². The maximum absolute atomic E-state index is 13.0. The molecule has 32 heavy (non-hydrogen) atoms. The Labute approximate surface area is 192 Å². The first kappa shape index (κ1) is 24.2. The number of nitriles is 1. The van der Waals surface area contributed by atoms with Gasteiger partial charge in [-0.3, -0.25) is 4.90 Å². The normalized spacial score (nSPS) is 16.3. The summed E-state index contributed by atoms with van der Waals surface area (Å²) in [5, 5.41) is 9.16. The highest BCUT2D eigenvalue weighted by molar-refractivity contribution is 5.40. The maximum Gasteiger partial charge on any atom is 0.123 e. The number of hydrogen-bond acceptors (Lipinski definition) is 4. The lowest BCUT2D eigenvalue weighted by atomic mass is 9.90. The van der Waals surface area contributed by atoms with Crippen LogP contribution in [0.15, 0.2) is 42.5 Å². The van der Waals surface area contributed by atoms with Gasteiger partial charge in [0.05, 0.1) is 11.6 Å². The second kappa shape index (κ2) is 12.6. The van der Waals surface area contributed by atoms with Crippen molar-refractivity contribution in [3.8, 4) is 11.8 Å². The molecule has 2 aromatic carbocycles. The largest absolute Gasteiger partial charge is 0.492 e. The van der Waals surface area contributed by atoms with E-state index >= 15 is 0 Å². The first-order chi connectivity index (χ1) is 15.6. The third kappa shape index (κ3) is 7.32. The quantitative estimate of drug-likeness (QED) is 0.501. The maximum atomic E-state index is 13.0. The summed E-state index contributed by atoms with van der Waals surface area (Å²) in [6, 6.07) is 14.8. The van der Waals surface area contributed by atoms with E-state index in [0.29, 0.717) is 12.5 Å². The SMILES string of the molecule is CCC(CCCN1CCCN(CCOc2ccc(F)cc2)CC1)c1ccc(C#N)c(C)c1. The van der Waals surface area contributed by atoms with E-state index in [9.17, 15) is 4.39 Å². The Morgan fingerprint density at radius 2 is 1.75 bits per heavy atom. The topological polar surface area (TPSA) is 39.5 Å². The fourth-order valence-electron chi connectivity index (χ4n) is 4.53. The summed E-state index contributed by atoms with van der Waals surface area (Å²) in [6.45, 7) is 11.4. The standard InChI is InChI=1S/C27H36FN3O/c1-3-23(24-7-8-25(21-29)22(2)20-24)6-4-13-30-14-5-15-31(17-16-30)18-19-32-27-11-9-26(28)10-12-27/h7-12,20,23H,3-6,13-19H2,1-2H3. The van der Waals surface area contributed by atoms with Crippen molar-refractivity contribution in [3.05, 3.63) is 65.0 Å². The molecule has 5 heteroatoms. The van der Waals surface area contributed by atoms with Gasteiger partial charge in [-0.1, -0.05) is 19.1 Å². The van der Waals surface area contributed by atoms with Crippen LogP contribution in [0.3, 0.4) is 0 Å². The van der Waals surface area contributed by atoms with E-state index in [2.05, 4.69) is 34.9 Å². The molecular weight excluding hydrogens is 401 g/mol. The molecule has 1 aliphatic rings. The Kier molecular flexibility index (Phi) is 9.52. The van der Waals surface area contributed by atoms with Crippen LogP contribution in [0.2, 0.25) is 0 Å². The van der Waals surface area contributed by atoms with Gasteiger partial charge >= 0.3 is 0 Å². The fourth-order valence-corrected chi connectivity index (χ4v) is 4.53. The van der Waals surface area contributed by atoms with Crippen molar-refractivity contribution in [2.24, 2.45) is 0 Å². The van der Waals surface area contributed by atoms with Crippen LogP contribution in [0.1, 0.15) is 55.2 Å². The van der Waals surface area contributed by atoms with Gasteiger partial charge in [-0.25, -0.2) is 4.39 Å². The molecule has 1 unspecified atom stereocenters. The monoisotopic (exact) mass is 437 g/mol. The first-order valence-corrected chi connectivity index (χ1v) is 11.9. The highest BCUT2D eigenvalue weighted by Gasteiger charge is 2.16. The molecule has 0 spiro atoms. The van der Waals surface area contributed by atoms with E-state index < -0.39 is 0 Å². The molecule has 3 rings (SSSR count). The Bertz CT molecular complexity index is 877. The summed E-state index contributed by atoms with van der Waals surface area (Å²) >= 11 is 0. The second-order valence-corrected chi connectivity index (χ2v) is 8.77. The van der Waals surface area contributed by atoms with E-state index in [-0.39, 0.29) is 5.82 Å². The lowest BCUT2D eigenvalue weighted by Crippen LogP contribution is -2.33. The molecular formula is C27H36FN3O.